The number of carbonyl (C=O) groups excluding carboxylic acids is 1. The highest BCUT2D eigenvalue weighted by molar-refractivity contribution is 6.30. The van der Waals surface area contributed by atoms with Gasteiger partial charge in [-0.1, -0.05) is 48.0 Å². The third kappa shape index (κ3) is 4.97. The van der Waals surface area contributed by atoms with Crippen molar-refractivity contribution in [3.63, 3.8) is 0 Å². The van der Waals surface area contributed by atoms with Gasteiger partial charge in [0.05, 0.1) is 12.1 Å². The molecule has 4 aromatic rings. The van der Waals surface area contributed by atoms with Crippen LogP contribution in [-0.4, -0.2) is 26.8 Å². The monoisotopic (exact) mass is 481 g/mol. The summed E-state index contributed by atoms with van der Waals surface area (Å²) in [5.41, 5.74) is 1.43. The van der Waals surface area contributed by atoms with Crippen LogP contribution in [0.25, 0.3) is 16.9 Å². The number of hydrogen-bond donors (Lipinski definition) is 2. The highest BCUT2D eigenvalue weighted by Gasteiger charge is 2.27. The Hall–Kier alpha value is -4.04. The van der Waals surface area contributed by atoms with Crippen LogP contribution in [0.5, 0.6) is 0 Å². The van der Waals surface area contributed by atoms with E-state index in [4.69, 9.17) is 11.6 Å². The van der Waals surface area contributed by atoms with Gasteiger partial charge in [0.2, 0.25) is 0 Å². The van der Waals surface area contributed by atoms with Crippen LogP contribution in [0.15, 0.2) is 72.8 Å². The molecular formula is C25H18ClF2N3O3. The van der Waals surface area contributed by atoms with Crippen LogP contribution in [0.1, 0.15) is 21.6 Å². The summed E-state index contributed by atoms with van der Waals surface area (Å²) >= 11 is 6.01. The lowest BCUT2D eigenvalue weighted by Gasteiger charge is -2.10. The van der Waals surface area contributed by atoms with E-state index in [0.717, 1.165) is 0 Å². The number of rotatable bonds is 7. The fraction of sp³-hybridized carbons (Fsp3) is 0.0800. The summed E-state index contributed by atoms with van der Waals surface area (Å²) in [7, 11) is 0. The zero-order valence-corrected chi connectivity index (χ0v) is 18.4. The fourth-order valence-electron chi connectivity index (χ4n) is 3.52. The first-order chi connectivity index (χ1) is 16.3. The predicted octanol–water partition coefficient (Wildman–Crippen LogP) is 5.03. The van der Waals surface area contributed by atoms with Gasteiger partial charge in [-0.25, -0.2) is 13.5 Å². The van der Waals surface area contributed by atoms with E-state index < -0.39 is 29.9 Å². The molecule has 0 radical (unpaired) electrons. The Morgan fingerprint density at radius 3 is 2.29 bits per heavy atom. The lowest BCUT2D eigenvalue weighted by molar-refractivity contribution is -0.136. The van der Waals surface area contributed by atoms with Crippen LogP contribution < -0.4 is 5.32 Å². The zero-order chi connectivity index (χ0) is 24.2. The SMILES string of the molecule is O=C(O)Cc1c(C(=O)NCc2ccc(F)cc2)nn(-c2ccccc2F)c1-c1ccc(Cl)cc1. The normalized spacial score (nSPS) is 10.8. The topological polar surface area (TPSA) is 84.2 Å². The molecule has 0 aliphatic rings. The summed E-state index contributed by atoms with van der Waals surface area (Å²) in [6.07, 6.45) is -0.522. The van der Waals surface area contributed by atoms with Crippen molar-refractivity contribution in [1.82, 2.24) is 15.1 Å². The third-order valence-corrected chi connectivity index (χ3v) is 5.34. The molecule has 0 bridgehead atoms. The van der Waals surface area contributed by atoms with Gasteiger partial charge in [-0.3, -0.25) is 9.59 Å². The Balaban J connectivity index is 1.83. The molecular weight excluding hydrogens is 464 g/mol. The molecule has 172 valence electrons. The van der Waals surface area contributed by atoms with Crippen molar-refractivity contribution in [2.75, 3.05) is 0 Å². The Bertz CT molecular complexity index is 1350. The lowest BCUT2D eigenvalue weighted by Crippen LogP contribution is -2.25. The average Bonchev–Trinajstić information content (AvgIpc) is 3.17. The Labute approximate surface area is 198 Å². The molecule has 0 fully saturated rings. The predicted molar refractivity (Wildman–Crippen MR) is 123 cm³/mol. The molecule has 0 aliphatic heterocycles. The smallest absolute Gasteiger partial charge is 0.307 e. The molecule has 34 heavy (non-hydrogen) atoms. The Morgan fingerprint density at radius 1 is 0.971 bits per heavy atom. The van der Waals surface area contributed by atoms with Crippen LogP contribution in [0, 0.1) is 11.6 Å². The second-order valence-corrected chi connectivity index (χ2v) is 7.86. The van der Waals surface area contributed by atoms with Crippen LogP contribution in [0.4, 0.5) is 8.78 Å². The van der Waals surface area contributed by atoms with E-state index in [-0.39, 0.29) is 29.2 Å². The number of hydrogen-bond acceptors (Lipinski definition) is 3. The highest BCUT2D eigenvalue weighted by atomic mass is 35.5. The number of amides is 1. The van der Waals surface area contributed by atoms with Crippen molar-refractivity contribution in [2.45, 2.75) is 13.0 Å². The maximum absolute atomic E-state index is 14.7. The quantitative estimate of drug-likeness (QED) is 0.388. The minimum absolute atomic E-state index is 0.0525. The molecule has 0 unspecified atom stereocenters. The number of aliphatic carboxylic acids is 1. The number of halogens is 3. The molecule has 0 saturated heterocycles. The number of para-hydroxylation sites is 1. The highest BCUT2D eigenvalue weighted by Crippen LogP contribution is 2.31. The number of aromatic nitrogens is 2. The number of nitrogens with one attached hydrogen (secondary N) is 1. The molecule has 1 heterocycles. The van der Waals surface area contributed by atoms with Gasteiger partial charge in [0, 0.05) is 22.7 Å². The first-order valence-electron chi connectivity index (χ1n) is 10.2. The van der Waals surface area contributed by atoms with Gasteiger partial charge >= 0.3 is 5.97 Å². The molecule has 4 rings (SSSR count). The molecule has 0 saturated carbocycles. The summed E-state index contributed by atoms with van der Waals surface area (Å²) in [5, 5.41) is 17.0. The van der Waals surface area contributed by atoms with Gasteiger partial charge in [-0.2, -0.15) is 5.10 Å². The molecule has 1 amide bonds. The van der Waals surface area contributed by atoms with Gasteiger partial charge in [0.1, 0.15) is 17.3 Å². The number of carbonyl (C=O) groups is 2. The molecule has 6 nitrogen and oxygen atoms in total. The molecule has 0 atom stereocenters. The van der Waals surface area contributed by atoms with E-state index in [2.05, 4.69) is 10.4 Å². The molecule has 2 N–H and O–H groups in total. The minimum atomic E-state index is -1.18. The van der Waals surface area contributed by atoms with E-state index in [1.165, 1.54) is 47.1 Å². The van der Waals surface area contributed by atoms with Crippen molar-refractivity contribution in [2.24, 2.45) is 0 Å². The van der Waals surface area contributed by atoms with E-state index in [1.54, 1.807) is 30.3 Å². The number of carboxylic acids is 1. The average molecular weight is 482 g/mol. The third-order valence-electron chi connectivity index (χ3n) is 5.09. The molecule has 3 aromatic carbocycles. The van der Waals surface area contributed by atoms with Crippen molar-refractivity contribution in [3.05, 3.63) is 106 Å². The number of nitrogens with zero attached hydrogens (tertiary/aromatic N) is 2. The molecule has 0 aliphatic carbocycles. The summed E-state index contributed by atoms with van der Waals surface area (Å²) in [4.78, 5) is 24.8. The van der Waals surface area contributed by atoms with Crippen molar-refractivity contribution >= 4 is 23.5 Å². The van der Waals surface area contributed by atoms with E-state index in [0.29, 0.717) is 16.1 Å². The summed E-state index contributed by atoms with van der Waals surface area (Å²) < 4.78 is 29.1. The molecule has 9 heteroatoms. The minimum Gasteiger partial charge on any atom is -0.481 e. The Kier molecular flexibility index (Phi) is 6.70. The number of benzene rings is 3. The second-order valence-electron chi connectivity index (χ2n) is 7.43. The van der Waals surface area contributed by atoms with Gasteiger partial charge in [0.25, 0.3) is 5.91 Å². The van der Waals surface area contributed by atoms with Gasteiger partial charge in [0.15, 0.2) is 5.69 Å². The van der Waals surface area contributed by atoms with Gasteiger partial charge in [-0.15, -0.1) is 0 Å². The zero-order valence-electron chi connectivity index (χ0n) is 17.6. The van der Waals surface area contributed by atoms with Crippen LogP contribution in [-0.2, 0) is 17.8 Å². The molecule has 0 spiro atoms. The number of carboxylic acid groups (broad SMARTS) is 1. The maximum atomic E-state index is 14.7. The van der Waals surface area contributed by atoms with Crippen molar-refractivity contribution < 1.29 is 23.5 Å². The lowest BCUT2D eigenvalue weighted by atomic mass is 10.0. The Morgan fingerprint density at radius 2 is 1.65 bits per heavy atom. The maximum Gasteiger partial charge on any atom is 0.307 e. The largest absolute Gasteiger partial charge is 0.481 e. The first-order valence-corrected chi connectivity index (χ1v) is 10.6. The van der Waals surface area contributed by atoms with E-state index in [1.807, 2.05) is 0 Å². The second kappa shape index (κ2) is 9.84. The van der Waals surface area contributed by atoms with E-state index >= 15 is 0 Å². The fourth-order valence-corrected chi connectivity index (χ4v) is 3.65. The van der Waals surface area contributed by atoms with E-state index in [9.17, 15) is 23.5 Å². The van der Waals surface area contributed by atoms with Crippen molar-refractivity contribution in [3.8, 4) is 16.9 Å². The van der Waals surface area contributed by atoms with Crippen molar-refractivity contribution in [1.29, 1.82) is 0 Å². The standard InChI is InChI=1S/C25H18ClF2N3O3/c26-17-9-7-16(8-10-17)24-19(13-22(32)33)23(30-31(24)21-4-2-1-3-20(21)28)25(34)29-14-15-5-11-18(27)12-6-15/h1-12H,13-14H2,(H,29,34)(H,32,33). The van der Waals surface area contributed by atoms with Crippen LogP contribution in [0.3, 0.4) is 0 Å². The van der Waals surface area contributed by atoms with Crippen LogP contribution in [0.2, 0.25) is 5.02 Å². The molecule has 1 aromatic heterocycles. The summed E-state index contributed by atoms with van der Waals surface area (Å²) in [5.74, 6) is -2.84. The summed E-state index contributed by atoms with van der Waals surface area (Å²) in [6, 6.07) is 17.9. The summed E-state index contributed by atoms with van der Waals surface area (Å²) in [6.45, 7) is 0.0639. The van der Waals surface area contributed by atoms with Crippen LogP contribution >= 0.6 is 11.6 Å². The van der Waals surface area contributed by atoms with Gasteiger partial charge < -0.3 is 10.4 Å². The first kappa shape index (κ1) is 23.1. The van der Waals surface area contributed by atoms with Gasteiger partial charge in [-0.05, 0) is 42.0 Å².